The molecule has 1 aromatic rings. The first kappa shape index (κ1) is 18.8. The van der Waals surface area contributed by atoms with Crippen molar-refractivity contribution in [2.45, 2.75) is 39.1 Å². The SMILES string of the molecule is CCOC(=O)[C@H]1C[C@H]1CN(C[C@@H]1COC(C)(C)O1)C(=O)c1cccnc1. The maximum absolute atomic E-state index is 12.9. The average molecular weight is 362 g/mol. The van der Waals surface area contributed by atoms with Gasteiger partial charge in [-0.2, -0.15) is 0 Å². The Hall–Kier alpha value is -1.99. The van der Waals surface area contributed by atoms with Crippen LogP contribution in [0.1, 0.15) is 37.6 Å². The molecule has 0 unspecified atom stereocenters. The third kappa shape index (κ3) is 4.59. The highest BCUT2D eigenvalue weighted by atomic mass is 16.7. The molecule has 1 aliphatic heterocycles. The fraction of sp³-hybridized carbons (Fsp3) is 0.632. The number of ether oxygens (including phenoxy) is 3. The summed E-state index contributed by atoms with van der Waals surface area (Å²) < 4.78 is 16.5. The molecule has 142 valence electrons. The average Bonchev–Trinajstić information content (AvgIpc) is 3.30. The second-order valence-electron chi connectivity index (χ2n) is 7.26. The van der Waals surface area contributed by atoms with Crippen LogP contribution >= 0.6 is 0 Å². The first-order valence-corrected chi connectivity index (χ1v) is 9.07. The molecule has 2 heterocycles. The number of hydrogen-bond donors (Lipinski definition) is 0. The second kappa shape index (κ2) is 7.72. The Morgan fingerprint density at radius 2 is 2.19 bits per heavy atom. The van der Waals surface area contributed by atoms with Crippen LogP contribution in [0.4, 0.5) is 0 Å². The van der Waals surface area contributed by atoms with Gasteiger partial charge in [0.1, 0.15) is 6.10 Å². The molecule has 3 rings (SSSR count). The monoisotopic (exact) mass is 362 g/mol. The topological polar surface area (TPSA) is 78.0 Å². The van der Waals surface area contributed by atoms with Crippen LogP contribution in [-0.4, -0.2) is 60.0 Å². The molecule has 1 amide bonds. The zero-order valence-electron chi connectivity index (χ0n) is 15.5. The van der Waals surface area contributed by atoms with Crippen LogP contribution < -0.4 is 0 Å². The number of carbonyl (C=O) groups is 2. The maximum atomic E-state index is 12.9. The molecule has 26 heavy (non-hydrogen) atoms. The van der Waals surface area contributed by atoms with E-state index in [1.807, 2.05) is 13.8 Å². The van der Waals surface area contributed by atoms with Crippen LogP contribution in [0.25, 0.3) is 0 Å². The summed E-state index contributed by atoms with van der Waals surface area (Å²) >= 11 is 0. The van der Waals surface area contributed by atoms with E-state index < -0.39 is 5.79 Å². The van der Waals surface area contributed by atoms with Crippen molar-refractivity contribution in [1.29, 1.82) is 0 Å². The minimum absolute atomic E-state index is 0.110. The molecule has 0 radical (unpaired) electrons. The van der Waals surface area contributed by atoms with E-state index in [2.05, 4.69) is 4.98 Å². The Bertz CT molecular complexity index is 649. The molecule has 0 aromatic carbocycles. The van der Waals surface area contributed by atoms with Crippen LogP contribution in [0.15, 0.2) is 24.5 Å². The molecule has 7 heteroatoms. The second-order valence-corrected chi connectivity index (χ2v) is 7.26. The highest BCUT2D eigenvalue weighted by Crippen LogP contribution is 2.40. The molecule has 0 bridgehead atoms. The molecule has 1 aromatic heterocycles. The Kier molecular flexibility index (Phi) is 5.58. The van der Waals surface area contributed by atoms with Gasteiger partial charge in [0.05, 0.1) is 24.7 Å². The van der Waals surface area contributed by atoms with E-state index in [4.69, 9.17) is 14.2 Å². The highest BCUT2D eigenvalue weighted by Gasteiger charge is 2.46. The van der Waals surface area contributed by atoms with Crippen molar-refractivity contribution >= 4 is 11.9 Å². The van der Waals surface area contributed by atoms with Gasteiger partial charge >= 0.3 is 5.97 Å². The van der Waals surface area contributed by atoms with Crippen LogP contribution in [0, 0.1) is 11.8 Å². The summed E-state index contributed by atoms with van der Waals surface area (Å²) in [6.45, 7) is 7.25. The van der Waals surface area contributed by atoms with E-state index in [1.54, 1.807) is 36.4 Å². The minimum atomic E-state index is -0.638. The molecule has 7 nitrogen and oxygen atoms in total. The van der Waals surface area contributed by atoms with Gasteiger partial charge < -0.3 is 19.1 Å². The number of amides is 1. The molecular weight excluding hydrogens is 336 g/mol. The summed E-state index contributed by atoms with van der Waals surface area (Å²) in [6.07, 6.45) is 3.75. The van der Waals surface area contributed by atoms with Crippen LogP contribution in [0.5, 0.6) is 0 Å². The molecule has 0 spiro atoms. The maximum Gasteiger partial charge on any atom is 0.309 e. The van der Waals surface area contributed by atoms with Gasteiger partial charge in [0.2, 0.25) is 0 Å². The van der Waals surface area contributed by atoms with Gasteiger partial charge in [-0.1, -0.05) is 0 Å². The third-order valence-electron chi connectivity index (χ3n) is 4.65. The molecule has 2 aliphatic rings. The number of rotatable bonds is 7. The zero-order chi connectivity index (χ0) is 18.7. The van der Waals surface area contributed by atoms with E-state index in [0.29, 0.717) is 31.9 Å². The van der Waals surface area contributed by atoms with Crippen molar-refractivity contribution < 1.29 is 23.8 Å². The van der Waals surface area contributed by atoms with Crippen molar-refractivity contribution in [3.8, 4) is 0 Å². The molecule has 1 saturated heterocycles. The van der Waals surface area contributed by atoms with Gasteiger partial charge in [-0.25, -0.2) is 0 Å². The number of pyridine rings is 1. The smallest absolute Gasteiger partial charge is 0.309 e. The molecule has 0 N–H and O–H groups in total. The first-order valence-electron chi connectivity index (χ1n) is 9.07. The first-order chi connectivity index (χ1) is 12.4. The van der Waals surface area contributed by atoms with E-state index in [0.717, 1.165) is 6.42 Å². The van der Waals surface area contributed by atoms with Gasteiger partial charge in [-0.15, -0.1) is 0 Å². The summed E-state index contributed by atoms with van der Waals surface area (Å²) in [5.41, 5.74) is 0.527. The normalized spacial score (nSPS) is 26.3. The molecule has 1 saturated carbocycles. The van der Waals surface area contributed by atoms with E-state index in [1.165, 1.54) is 0 Å². The predicted molar refractivity (Wildman–Crippen MR) is 93.3 cm³/mol. The molecule has 1 aliphatic carbocycles. The number of hydrogen-bond acceptors (Lipinski definition) is 6. The fourth-order valence-corrected chi connectivity index (χ4v) is 3.28. The van der Waals surface area contributed by atoms with Gasteiger partial charge in [0.15, 0.2) is 5.79 Å². The van der Waals surface area contributed by atoms with Gasteiger partial charge in [0.25, 0.3) is 5.91 Å². The van der Waals surface area contributed by atoms with E-state index in [-0.39, 0.29) is 29.8 Å². The predicted octanol–water partition coefficient (Wildman–Crippen LogP) is 1.87. The molecule has 2 fully saturated rings. The van der Waals surface area contributed by atoms with E-state index in [9.17, 15) is 9.59 Å². The van der Waals surface area contributed by atoms with Crippen molar-refractivity contribution in [3.63, 3.8) is 0 Å². The Labute approximate surface area is 153 Å². The summed E-state index contributed by atoms with van der Waals surface area (Å²) in [4.78, 5) is 30.6. The zero-order valence-corrected chi connectivity index (χ0v) is 15.5. The molecule has 3 atom stereocenters. The van der Waals surface area contributed by atoms with Crippen molar-refractivity contribution in [2.75, 3.05) is 26.3 Å². The molecular formula is C19H26N2O5. The summed E-state index contributed by atoms with van der Waals surface area (Å²) in [7, 11) is 0. The number of nitrogens with zero attached hydrogens (tertiary/aromatic N) is 2. The summed E-state index contributed by atoms with van der Waals surface area (Å²) in [5.74, 6) is -0.907. The van der Waals surface area contributed by atoms with Crippen LogP contribution in [0.2, 0.25) is 0 Å². The van der Waals surface area contributed by atoms with Crippen LogP contribution in [-0.2, 0) is 19.0 Å². The number of aromatic nitrogens is 1. The Morgan fingerprint density at radius 3 is 2.81 bits per heavy atom. The minimum Gasteiger partial charge on any atom is -0.466 e. The Balaban J connectivity index is 1.66. The highest BCUT2D eigenvalue weighted by molar-refractivity contribution is 5.94. The lowest BCUT2D eigenvalue weighted by atomic mass is 10.2. The number of esters is 1. The van der Waals surface area contributed by atoms with Crippen molar-refractivity contribution in [1.82, 2.24) is 9.88 Å². The number of carbonyl (C=O) groups excluding carboxylic acids is 2. The lowest BCUT2D eigenvalue weighted by molar-refractivity contribution is -0.145. The van der Waals surface area contributed by atoms with Crippen molar-refractivity contribution in [3.05, 3.63) is 30.1 Å². The van der Waals surface area contributed by atoms with Gasteiger partial charge in [0, 0.05) is 25.5 Å². The van der Waals surface area contributed by atoms with Gasteiger partial charge in [-0.3, -0.25) is 14.6 Å². The fourth-order valence-electron chi connectivity index (χ4n) is 3.28. The summed E-state index contributed by atoms with van der Waals surface area (Å²) in [5, 5.41) is 0. The quantitative estimate of drug-likeness (QED) is 0.689. The Morgan fingerprint density at radius 1 is 1.38 bits per heavy atom. The lowest BCUT2D eigenvalue weighted by Gasteiger charge is -2.26. The standard InChI is InChI=1S/C19H26N2O5/c1-4-24-18(23)16-8-14(16)10-21(11-15-12-25-19(2,3)26-15)17(22)13-6-5-7-20-9-13/h5-7,9,14-16H,4,8,10-12H2,1-3H3/t14-,15+,16-/m0/s1. The lowest BCUT2D eigenvalue weighted by Crippen LogP contribution is -2.40. The van der Waals surface area contributed by atoms with Crippen molar-refractivity contribution in [2.24, 2.45) is 11.8 Å². The van der Waals surface area contributed by atoms with Gasteiger partial charge in [-0.05, 0) is 45.2 Å². The third-order valence-corrected chi connectivity index (χ3v) is 4.65. The van der Waals surface area contributed by atoms with E-state index >= 15 is 0 Å². The summed E-state index contributed by atoms with van der Waals surface area (Å²) in [6, 6.07) is 3.48. The largest absolute Gasteiger partial charge is 0.466 e. The van der Waals surface area contributed by atoms with Crippen LogP contribution in [0.3, 0.4) is 0 Å².